The molecule has 0 unspecified atom stereocenters. The maximum Gasteiger partial charge on any atom is 0.220 e. The molecule has 2 saturated carbocycles. The Balaban J connectivity index is 1.59. The van der Waals surface area contributed by atoms with Crippen LogP contribution >= 0.6 is 0 Å². The zero-order valence-corrected chi connectivity index (χ0v) is 11.4. The van der Waals surface area contributed by atoms with Gasteiger partial charge in [0.05, 0.1) is 0 Å². The van der Waals surface area contributed by atoms with Crippen LogP contribution in [-0.2, 0) is 4.79 Å². The number of carbonyl (C=O) groups excluding carboxylic acids is 1. The van der Waals surface area contributed by atoms with Crippen molar-refractivity contribution < 1.29 is 9.90 Å². The Labute approximate surface area is 110 Å². The van der Waals surface area contributed by atoms with Gasteiger partial charge in [0.15, 0.2) is 0 Å². The van der Waals surface area contributed by atoms with E-state index in [2.05, 4.69) is 5.32 Å². The van der Waals surface area contributed by atoms with Crippen LogP contribution in [0.3, 0.4) is 0 Å². The van der Waals surface area contributed by atoms with Gasteiger partial charge in [-0.3, -0.25) is 4.79 Å². The Morgan fingerprint density at radius 2 is 1.67 bits per heavy atom. The van der Waals surface area contributed by atoms with E-state index < -0.39 is 0 Å². The number of carbonyl (C=O) groups is 1. The van der Waals surface area contributed by atoms with E-state index in [-0.39, 0.29) is 5.91 Å². The lowest BCUT2D eigenvalue weighted by Crippen LogP contribution is -2.38. The first-order valence-electron chi connectivity index (χ1n) is 7.68. The van der Waals surface area contributed by atoms with E-state index in [0.29, 0.717) is 25.0 Å². The monoisotopic (exact) mass is 253 g/mol. The second-order valence-electron chi connectivity index (χ2n) is 6.16. The molecular formula is C15H27NO2. The van der Waals surface area contributed by atoms with Gasteiger partial charge in [0.25, 0.3) is 0 Å². The van der Waals surface area contributed by atoms with Crippen molar-refractivity contribution in [1.29, 1.82) is 0 Å². The summed E-state index contributed by atoms with van der Waals surface area (Å²) >= 11 is 0. The van der Waals surface area contributed by atoms with Gasteiger partial charge in [-0.05, 0) is 43.9 Å². The van der Waals surface area contributed by atoms with Crippen molar-refractivity contribution in [3.05, 3.63) is 0 Å². The molecule has 2 fully saturated rings. The molecule has 2 aliphatic rings. The van der Waals surface area contributed by atoms with E-state index in [0.717, 1.165) is 38.0 Å². The first-order chi connectivity index (χ1) is 8.78. The Morgan fingerprint density at radius 3 is 2.28 bits per heavy atom. The van der Waals surface area contributed by atoms with Gasteiger partial charge in [-0.15, -0.1) is 0 Å². The van der Waals surface area contributed by atoms with E-state index in [1.807, 2.05) is 0 Å². The minimum absolute atomic E-state index is 0.245. The van der Waals surface area contributed by atoms with E-state index in [1.54, 1.807) is 0 Å². The fraction of sp³-hybridized carbons (Fsp3) is 0.933. The average Bonchev–Trinajstić information content (AvgIpc) is 2.90. The molecule has 0 aliphatic heterocycles. The third-order valence-electron chi connectivity index (χ3n) is 4.72. The molecule has 18 heavy (non-hydrogen) atoms. The molecule has 104 valence electrons. The number of rotatable bonds is 5. The van der Waals surface area contributed by atoms with Gasteiger partial charge in [-0.1, -0.05) is 25.7 Å². The summed E-state index contributed by atoms with van der Waals surface area (Å²) in [5.74, 6) is 1.52. The second kappa shape index (κ2) is 7.13. The Bertz CT molecular complexity index is 253. The third-order valence-corrected chi connectivity index (χ3v) is 4.72. The van der Waals surface area contributed by atoms with Crippen LogP contribution in [0, 0.1) is 11.8 Å². The summed E-state index contributed by atoms with van der Waals surface area (Å²) in [6.07, 6.45) is 11.4. The second-order valence-corrected chi connectivity index (χ2v) is 6.16. The van der Waals surface area contributed by atoms with Crippen molar-refractivity contribution in [2.75, 3.05) is 6.61 Å². The average molecular weight is 253 g/mol. The van der Waals surface area contributed by atoms with Gasteiger partial charge in [0, 0.05) is 19.1 Å². The van der Waals surface area contributed by atoms with Gasteiger partial charge in [0.1, 0.15) is 0 Å². The highest BCUT2D eigenvalue weighted by molar-refractivity contribution is 5.76. The number of hydrogen-bond donors (Lipinski definition) is 2. The highest BCUT2D eigenvalue weighted by Gasteiger charge is 2.22. The summed E-state index contributed by atoms with van der Waals surface area (Å²) in [4.78, 5) is 11.9. The number of hydrogen-bond acceptors (Lipinski definition) is 2. The molecule has 0 radical (unpaired) electrons. The number of nitrogens with one attached hydrogen (secondary N) is 1. The maximum absolute atomic E-state index is 11.9. The van der Waals surface area contributed by atoms with Crippen molar-refractivity contribution in [1.82, 2.24) is 5.32 Å². The molecule has 0 aromatic carbocycles. The van der Waals surface area contributed by atoms with Crippen LogP contribution in [0.1, 0.15) is 64.2 Å². The van der Waals surface area contributed by atoms with Gasteiger partial charge < -0.3 is 10.4 Å². The highest BCUT2D eigenvalue weighted by Crippen LogP contribution is 2.28. The molecule has 0 atom stereocenters. The lowest BCUT2D eigenvalue weighted by molar-refractivity contribution is -0.122. The lowest BCUT2D eigenvalue weighted by Gasteiger charge is -2.28. The molecule has 2 rings (SSSR count). The topological polar surface area (TPSA) is 49.3 Å². The zero-order chi connectivity index (χ0) is 12.8. The number of amides is 1. The number of aliphatic hydroxyl groups is 1. The fourth-order valence-corrected chi connectivity index (χ4v) is 3.42. The Kier molecular flexibility index (Phi) is 5.48. The molecule has 0 aromatic rings. The van der Waals surface area contributed by atoms with Crippen LogP contribution in [0.15, 0.2) is 0 Å². The smallest absolute Gasteiger partial charge is 0.220 e. The predicted octanol–water partition coefficient (Wildman–Crippen LogP) is 2.62. The van der Waals surface area contributed by atoms with Crippen molar-refractivity contribution >= 4 is 5.91 Å². The third kappa shape index (κ3) is 4.27. The van der Waals surface area contributed by atoms with Gasteiger partial charge in [0.2, 0.25) is 5.91 Å². The molecule has 0 bridgehead atoms. The maximum atomic E-state index is 11.9. The molecule has 1 amide bonds. The van der Waals surface area contributed by atoms with Gasteiger partial charge in [-0.25, -0.2) is 0 Å². The summed E-state index contributed by atoms with van der Waals surface area (Å²) in [5.41, 5.74) is 0. The highest BCUT2D eigenvalue weighted by atomic mass is 16.3. The molecule has 0 saturated heterocycles. The van der Waals surface area contributed by atoms with Crippen molar-refractivity contribution in [3.8, 4) is 0 Å². The summed E-state index contributed by atoms with van der Waals surface area (Å²) in [6.45, 7) is 0.308. The van der Waals surface area contributed by atoms with E-state index in [9.17, 15) is 4.79 Å². The largest absolute Gasteiger partial charge is 0.396 e. The summed E-state index contributed by atoms with van der Waals surface area (Å²) < 4.78 is 0. The lowest BCUT2D eigenvalue weighted by atomic mass is 9.86. The van der Waals surface area contributed by atoms with Gasteiger partial charge >= 0.3 is 0 Å². The molecule has 3 heteroatoms. The molecule has 2 N–H and O–H groups in total. The van der Waals surface area contributed by atoms with Crippen LogP contribution in [-0.4, -0.2) is 23.7 Å². The van der Waals surface area contributed by atoms with Gasteiger partial charge in [-0.2, -0.15) is 0 Å². The van der Waals surface area contributed by atoms with Crippen molar-refractivity contribution in [2.45, 2.75) is 70.3 Å². The standard InChI is InChI=1S/C15H27NO2/c17-11-13-5-8-14(9-6-13)16-15(18)10-7-12-3-1-2-4-12/h12-14,17H,1-11H2,(H,16,18). The summed E-state index contributed by atoms with van der Waals surface area (Å²) in [5, 5.41) is 12.2. The normalized spacial score (nSPS) is 29.4. The van der Waals surface area contributed by atoms with Crippen LogP contribution in [0.2, 0.25) is 0 Å². The van der Waals surface area contributed by atoms with Crippen LogP contribution in [0.5, 0.6) is 0 Å². The van der Waals surface area contributed by atoms with E-state index in [4.69, 9.17) is 5.11 Å². The van der Waals surface area contributed by atoms with E-state index >= 15 is 0 Å². The Morgan fingerprint density at radius 1 is 1.00 bits per heavy atom. The van der Waals surface area contributed by atoms with Crippen LogP contribution in [0.4, 0.5) is 0 Å². The molecular weight excluding hydrogens is 226 g/mol. The first kappa shape index (κ1) is 13.9. The summed E-state index contributed by atoms with van der Waals surface area (Å²) in [6, 6.07) is 0.365. The first-order valence-corrected chi connectivity index (χ1v) is 7.68. The van der Waals surface area contributed by atoms with Crippen LogP contribution < -0.4 is 5.32 Å². The predicted molar refractivity (Wildman–Crippen MR) is 72.2 cm³/mol. The Hall–Kier alpha value is -0.570. The molecule has 0 aromatic heterocycles. The minimum atomic E-state index is 0.245. The fourth-order valence-electron chi connectivity index (χ4n) is 3.42. The molecule has 0 heterocycles. The van der Waals surface area contributed by atoms with Crippen LogP contribution in [0.25, 0.3) is 0 Å². The number of aliphatic hydroxyl groups excluding tert-OH is 1. The quantitative estimate of drug-likeness (QED) is 0.791. The van der Waals surface area contributed by atoms with E-state index in [1.165, 1.54) is 25.7 Å². The van der Waals surface area contributed by atoms with Crippen molar-refractivity contribution in [2.24, 2.45) is 11.8 Å². The molecule has 2 aliphatic carbocycles. The molecule has 0 spiro atoms. The SMILES string of the molecule is O=C(CCC1CCCC1)NC1CCC(CO)CC1. The zero-order valence-electron chi connectivity index (χ0n) is 11.4. The molecule has 3 nitrogen and oxygen atoms in total. The summed E-state index contributed by atoms with van der Waals surface area (Å²) in [7, 11) is 0. The minimum Gasteiger partial charge on any atom is -0.396 e. The van der Waals surface area contributed by atoms with Crippen molar-refractivity contribution in [3.63, 3.8) is 0 Å².